The van der Waals surface area contributed by atoms with Crippen molar-refractivity contribution in [2.45, 2.75) is 13.0 Å². The fourth-order valence-corrected chi connectivity index (χ4v) is 3.80. The Morgan fingerprint density at radius 2 is 2.16 bits per heavy atom. The zero-order chi connectivity index (χ0) is 22.8. The smallest absolute Gasteiger partial charge is 0.322 e. The van der Waals surface area contributed by atoms with Crippen LogP contribution in [0.2, 0.25) is 5.02 Å². The lowest BCUT2D eigenvalue weighted by Crippen LogP contribution is -2.46. The second-order valence-corrected chi connectivity index (χ2v) is 7.54. The summed E-state index contributed by atoms with van der Waals surface area (Å²) >= 11 is 6.18. The summed E-state index contributed by atoms with van der Waals surface area (Å²) in [6.45, 7) is 5.81. The van der Waals surface area contributed by atoms with Crippen molar-refractivity contribution in [3.63, 3.8) is 0 Å². The van der Waals surface area contributed by atoms with E-state index in [1.807, 2.05) is 6.07 Å². The van der Waals surface area contributed by atoms with Gasteiger partial charge in [-0.1, -0.05) is 35.0 Å². The molecular weight excluding hydrogens is 435 g/mol. The van der Waals surface area contributed by atoms with Gasteiger partial charge in [-0.05, 0) is 42.8 Å². The number of carbonyl (C=O) groups is 1. The lowest BCUT2D eigenvalue weighted by molar-refractivity contribution is 0.209. The van der Waals surface area contributed by atoms with E-state index in [1.165, 1.54) is 24.1 Å². The summed E-state index contributed by atoms with van der Waals surface area (Å²) in [4.78, 5) is 18.8. The number of aromatic nitrogens is 2. The Balaban J connectivity index is 1.81. The Kier molecular flexibility index (Phi) is 5.96. The van der Waals surface area contributed by atoms with E-state index in [1.54, 1.807) is 37.3 Å². The van der Waals surface area contributed by atoms with E-state index in [4.69, 9.17) is 20.9 Å². The Morgan fingerprint density at radius 3 is 2.84 bits per heavy atom. The maximum atomic E-state index is 14.2. The third-order valence-electron chi connectivity index (χ3n) is 5.16. The Morgan fingerprint density at radius 1 is 1.34 bits per heavy atom. The number of hydrogen-bond donors (Lipinski definition) is 1. The van der Waals surface area contributed by atoms with Crippen molar-refractivity contribution in [2.75, 3.05) is 13.7 Å². The molecule has 0 spiro atoms. The van der Waals surface area contributed by atoms with Gasteiger partial charge in [0.2, 0.25) is 5.82 Å². The van der Waals surface area contributed by atoms with Crippen LogP contribution in [0.5, 0.6) is 5.75 Å². The minimum Gasteiger partial charge on any atom is -0.494 e. The lowest BCUT2D eigenvalue weighted by Gasteiger charge is -2.34. The highest BCUT2D eigenvalue weighted by Gasteiger charge is 2.35. The van der Waals surface area contributed by atoms with E-state index in [0.29, 0.717) is 28.4 Å². The molecule has 1 unspecified atom stereocenters. The van der Waals surface area contributed by atoms with Crippen molar-refractivity contribution in [3.8, 4) is 17.1 Å². The van der Waals surface area contributed by atoms with Gasteiger partial charge in [-0.15, -0.1) is 6.58 Å². The highest BCUT2D eigenvalue weighted by atomic mass is 35.5. The Hall–Kier alpha value is -3.65. The van der Waals surface area contributed by atoms with Crippen LogP contribution in [0.25, 0.3) is 17.0 Å². The summed E-state index contributed by atoms with van der Waals surface area (Å²) in [6.07, 6.45) is 1.62. The van der Waals surface area contributed by atoms with E-state index in [-0.39, 0.29) is 23.5 Å². The first-order valence-electron chi connectivity index (χ1n) is 9.76. The summed E-state index contributed by atoms with van der Waals surface area (Å²) in [6, 6.07) is 10.7. The molecule has 0 saturated carbocycles. The van der Waals surface area contributed by atoms with Gasteiger partial charge in [0.25, 0.3) is 5.89 Å². The van der Waals surface area contributed by atoms with E-state index in [2.05, 4.69) is 22.0 Å². The van der Waals surface area contributed by atoms with Crippen LogP contribution in [0.3, 0.4) is 0 Å². The molecular formula is C23H20ClFN4O3. The predicted molar refractivity (Wildman–Crippen MR) is 118 cm³/mol. The quantitative estimate of drug-likeness (QED) is 0.516. The number of rotatable bonds is 6. The van der Waals surface area contributed by atoms with Crippen LogP contribution in [-0.2, 0) is 0 Å². The van der Waals surface area contributed by atoms with Crippen LogP contribution in [-0.4, -0.2) is 34.7 Å². The summed E-state index contributed by atoms with van der Waals surface area (Å²) in [5, 5.41) is 7.52. The van der Waals surface area contributed by atoms with Gasteiger partial charge in [0, 0.05) is 22.8 Å². The van der Waals surface area contributed by atoms with Crippen LogP contribution in [0, 0.1) is 5.82 Å². The number of methoxy groups -OCH3 is 1. The van der Waals surface area contributed by atoms with Gasteiger partial charge in [-0.25, -0.2) is 9.18 Å². The van der Waals surface area contributed by atoms with Crippen molar-refractivity contribution in [1.82, 2.24) is 20.4 Å². The number of hydrogen-bond acceptors (Lipinski definition) is 5. The van der Waals surface area contributed by atoms with Crippen molar-refractivity contribution in [1.29, 1.82) is 0 Å². The van der Waals surface area contributed by atoms with E-state index < -0.39 is 11.9 Å². The minimum absolute atomic E-state index is 0.118. The largest absolute Gasteiger partial charge is 0.494 e. The third kappa shape index (κ3) is 3.97. The van der Waals surface area contributed by atoms with Gasteiger partial charge < -0.3 is 14.6 Å². The SMILES string of the molecule is C=CCN1C(=O)NC(c2cccc(Cl)c2)C(c2nc(-c3ccc(OC)c(F)c3)no2)=C1C. The minimum atomic E-state index is -0.567. The molecule has 0 saturated heterocycles. The fraction of sp³-hybridized carbons (Fsp3) is 0.174. The molecule has 2 aromatic carbocycles. The van der Waals surface area contributed by atoms with Gasteiger partial charge in [-0.3, -0.25) is 4.90 Å². The number of allylic oxidation sites excluding steroid dienone is 1. The van der Waals surface area contributed by atoms with Crippen molar-refractivity contribution >= 4 is 23.2 Å². The van der Waals surface area contributed by atoms with Crippen LogP contribution < -0.4 is 10.1 Å². The van der Waals surface area contributed by atoms with Crippen molar-refractivity contribution in [2.24, 2.45) is 0 Å². The molecule has 1 aliphatic heterocycles. The summed E-state index contributed by atoms with van der Waals surface area (Å²) in [5.41, 5.74) is 2.43. The van der Waals surface area contributed by atoms with Gasteiger partial charge in [0.1, 0.15) is 0 Å². The number of nitrogens with one attached hydrogen (secondary N) is 1. The van der Waals surface area contributed by atoms with E-state index in [0.717, 1.165) is 5.56 Å². The highest BCUT2D eigenvalue weighted by Crippen LogP contribution is 2.38. The first-order valence-corrected chi connectivity index (χ1v) is 10.1. The molecule has 1 aliphatic rings. The molecule has 3 aromatic rings. The molecule has 4 rings (SSSR count). The molecule has 164 valence electrons. The van der Waals surface area contributed by atoms with Crippen LogP contribution in [0.1, 0.15) is 24.4 Å². The third-order valence-corrected chi connectivity index (χ3v) is 5.39. The van der Waals surface area contributed by atoms with Crippen LogP contribution >= 0.6 is 11.6 Å². The van der Waals surface area contributed by atoms with E-state index >= 15 is 0 Å². The number of benzene rings is 2. The molecule has 1 aromatic heterocycles. The van der Waals surface area contributed by atoms with Gasteiger partial charge in [0.05, 0.1) is 18.7 Å². The average Bonchev–Trinajstić information content (AvgIpc) is 3.26. The molecule has 1 atom stereocenters. The molecule has 1 N–H and O–H groups in total. The summed E-state index contributed by atoms with van der Waals surface area (Å²) in [7, 11) is 1.39. The molecule has 0 bridgehead atoms. The Labute approximate surface area is 189 Å². The molecule has 7 nitrogen and oxygen atoms in total. The van der Waals surface area contributed by atoms with Crippen LogP contribution in [0.15, 0.2) is 65.3 Å². The first kappa shape index (κ1) is 21.6. The standard InChI is InChI=1S/C23H20ClFN4O3/c1-4-10-29-13(2)19(20(26-23(29)30)14-6-5-7-16(24)11-14)22-27-21(28-32-22)15-8-9-18(31-3)17(25)12-15/h4-9,11-12,20H,1,10H2,2-3H3,(H,26,30). The summed E-state index contributed by atoms with van der Waals surface area (Å²) < 4.78 is 24.7. The average molecular weight is 455 g/mol. The van der Waals surface area contributed by atoms with Crippen molar-refractivity contribution in [3.05, 3.63) is 83.1 Å². The van der Waals surface area contributed by atoms with Gasteiger partial charge in [-0.2, -0.15) is 4.98 Å². The zero-order valence-corrected chi connectivity index (χ0v) is 18.2. The number of urea groups is 1. The molecule has 32 heavy (non-hydrogen) atoms. The number of halogens is 2. The molecule has 2 heterocycles. The van der Waals surface area contributed by atoms with Crippen LogP contribution in [0.4, 0.5) is 9.18 Å². The molecule has 2 amide bonds. The number of ether oxygens (including phenoxy) is 1. The number of nitrogens with zero attached hydrogens (tertiary/aromatic N) is 3. The zero-order valence-electron chi connectivity index (χ0n) is 17.4. The molecule has 0 fully saturated rings. The molecule has 0 aliphatic carbocycles. The fourth-order valence-electron chi connectivity index (χ4n) is 3.60. The molecule has 0 radical (unpaired) electrons. The summed E-state index contributed by atoms with van der Waals surface area (Å²) in [5.74, 6) is -0.00984. The number of carbonyl (C=O) groups excluding carboxylic acids is 1. The van der Waals surface area contributed by atoms with Gasteiger partial charge >= 0.3 is 6.03 Å². The Bertz CT molecular complexity index is 1220. The monoisotopic (exact) mass is 454 g/mol. The van der Waals surface area contributed by atoms with E-state index in [9.17, 15) is 9.18 Å². The highest BCUT2D eigenvalue weighted by molar-refractivity contribution is 6.30. The normalized spacial score (nSPS) is 16.2. The maximum Gasteiger partial charge on any atom is 0.322 e. The predicted octanol–water partition coefficient (Wildman–Crippen LogP) is 5.22. The number of amides is 2. The van der Waals surface area contributed by atoms with Crippen molar-refractivity contribution < 1.29 is 18.4 Å². The lowest BCUT2D eigenvalue weighted by atomic mass is 9.94. The molecule has 9 heteroatoms. The van der Waals surface area contributed by atoms with Gasteiger partial charge in [0.15, 0.2) is 11.6 Å². The first-order chi connectivity index (χ1) is 15.4. The topological polar surface area (TPSA) is 80.5 Å². The second kappa shape index (κ2) is 8.84. The second-order valence-electron chi connectivity index (χ2n) is 7.11. The maximum absolute atomic E-state index is 14.2.